The van der Waals surface area contributed by atoms with Crippen LogP contribution in [0.3, 0.4) is 0 Å². The first-order chi connectivity index (χ1) is 6.27. The fourth-order valence-corrected chi connectivity index (χ4v) is 1.25. The molecule has 14 heavy (non-hydrogen) atoms. The van der Waals surface area contributed by atoms with E-state index in [-0.39, 0.29) is 12.4 Å². The summed E-state index contributed by atoms with van der Waals surface area (Å²) < 4.78 is 11.3. The number of ether oxygens (including phenoxy) is 2. The first-order valence-electron chi connectivity index (χ1n) is 3.94. The largest absolute Gasteiger partial charge is 0.497 e. The molecule has 0 spiro atoms. The fourth-order valence-electron chi connectivity index (χ4n) is 0.890. The maximum Gasteiger partial charge on any atom is 0.137 e. The van der Waals surface area contributed by atoms with Crippen LogP contribution in [0.5, 0.6) is 11.5 Å². The van der Waals surface area contributed by atoms with E-state index in [2.05, 4.69) is 15.9 Å². The molecule has 0 aliphatic heterocycles. The predicted molar refractivity (Wildman–Crippen MR) is 62.5 cm³/mol. The van der Waals surface area contributed by atoms with E-state index in [0.29, 0.717) is 13.2 Å². The Morgan fingerprint density at radius 3 is 2.71 bits per heavy atom. The summed E-state index contributed by atoms with van der Waals surface area (Å²) in [6.45, 7) is 1.01. The lowest BCUT2D eigenvalue weighted by molar-refractivity contribution is 0.323. The number of hydrogen-bond acceptors (Lipinski definition) is 3. The predicted octanol–water partition coefficient (Wildman–Crippen LogP) is 2.22. The third kappa shape index (κ3) is 3.74. The van der Waals surface area contributed by atoms with Gasteiger partial charge in [-0.25, -0.2) is 0 Å². The van der Waals surface area contributed by atoms with E-state index in [1.54, 1.807) is 7.11 Å². The molecule has 0 radical (unpaired) electrons. The highest BCUT2D eigenvalue weighted by molar-refractivity contribution is 9.10. The Bertz CT molecular complexity index is 284. The Hall–Kier alpha value is -0.450. The average molecular weight is 283 g/mol. The van der Waals surface area contributed by atoms with Crippen molar-refractivity contribution in [3.05, 3.63) is 22.7 Å². The van der Waals surface area contributed by atoms with Gasteiger partial charge in [-0.1, -0.05) is 0 Å². The van der Waals surface area contributed by atoms with Crippen molar-refractivity contribution in [2.45, 2.75) is 0 Å². The van der Waals surface area contributed by atoms with Crippen LogP contribution in [0, 0.1) is 0 Å². The highest BCUT2D eigenvalue weighted by Gasteiger charge is 2.02. The van der Waals surface area contributed by atoms with Gasteiger partial charge < -0.3 is 15.2 Å². The van der Waals surface area contributed by atoms with Crippen LogP contribution >= 0.6 is 28.3 Å². The average Bonchev–Trinajstić information content (AvgIpc) is 2.17. The lowest BCUT2D eigenvalue weighted by Gasteiger charge is -2.08. The second kappa shape index (κ2) is 6.92. The van der Waals surface area contributed by atoms with Gasteiger partial charge in [-0.3, -0.25) is 0 Å². The van der Waals surface area contributed by atoms with Crippen LogP contribution in [-0.4, -0.2) is 20.3 Å². The van der Waals surface area contributed by atoms with Crippen molar-refractivity contribution in [2.24, 2.45) is 5.73 Å². The van der Waals surface area contributed by atoms with Gasteiger partial charge in [-0.05, 0) is 28.1 Å². The SMILES string of the molecule is COc1ccc(Br)c(OCCN)c1.Cl. The summed E-state index contributed by atoms with van der Waals surface area (Å²) in [5.41, 5.74) is 5.33. The molecule has 0 fully saturated rings. The molecular formula is C9H13BrClNO2. The molecule has 5 heteroatoms. The molecule has 0 aromatic heterocycles. The van der Waals surface area contributed by atoms with Crippen molar-refractivity contribution in [3.63, 3.8) is 0 Å². The van der Waals surface area contributed by atoms with E-state index in [1.165, 1.54) is 0 Å². The monoisotopic (exact) mass is 281 g/mol. The fraction of sp³-hybridized carbons (Fsp3) is 0.333. The van der Waals surface area contributed by atoms with E-state index >= 15 is 0 Å². The molecule has 0 bridgehead atoms. The molecule has 1 aromatic carbocycles. The quantitative estimate of drug-likeness (QED) is 0.921. The minimum atomic E-state index is 0. The normalized spacial score (nSPS) is 9.07. The minimum absolute atomic E-state index is 0. The molecular weight excluding hydrogens is 269 g/mol. The Kier molecular flexibility index (Phi) is 6.70. The van der Waals surface area contributed by atoms with Crippen LogP contribution in [-0.2, 0) is 0 Å². The number of nitrogens with two attached hydrogens (primary N) is 1. The van der Waals surface area contributed by atoms with Gasteiger partial charge in [0.05, 0.1) is 11.6 Å². The Morgan fingerprint density at radius 1 is 1.43 bits per heavy atom. The van der Waals surface area contributed by atoms with Gasteiger partial charge in [0, 0.05) is 12.6 Å². The number of hydrogen-bond donors (Lipinski definition) is 1. The van der Waals surface area contributed by atoms with Gasteiger partial charge in [0.15, 0.2) is 0 Å². The molecule has 0 aliphatic carbocycles. The summed E-state index contributed by atoms with van der Waals surface area (Å²) in [5, 5.41) is 0. The van der Waals surface area contributed by atoms with Crippen LogP contribution in [0.1, 0.15) is 0 Å². The van der Waals surface area contributed by atoms with Gasteiger partial charge in [0.25, 0.3) is 0 Å². The number of benzene rings is 1. The van der Waals surface area contributed by atoms with Gasteiger partial charge in [-0.2, -0.15) is 0 Å². The van der Waals surface area contributed by atoms with Crippen molar-refractivity contribution >= 4 is 28.3 Å². The molecule has 3 nitrogen and oxygen atoms in total. The zero-order chi connectivity index (χ0) is 9.68. The molecule has 0 saturated carbocycles. The Balaban J connectivity index is 0.00000169. The zero-order valence-corrected chi connectivity index (χ0v) is 10.2. The van der Waals surface area contributed by atoms with E-state index in [9.17, 15) is 0 Å². The summed E-state index contributed by atoms with van der Waals surface area (Å²) in [6.07, 6.45) is 0. The van der Waals surface area contributed by atoms with Crippen molar-refractivity contribution in [1.82, 2.24) is 0 Å². The van der Waals surface area contributed by atoms with E-state index in [0.717, 1.165) is 16.0 Å². The molecule has 1 rings (SSSR count). The molecule has 0 unspecified atom stereocenters. The van der Waals surface area contributed by atoms with Crippen LogP contribution < -0.4 is 15.2 Å². The second-order valence-electron chi connectivity index (χ2n) is 2.43. The topological polar surface area (TPSA) is 44.5 Å². The summed E-state index contributed by atoms with van der Waals surface area (Å²) in [7, 11) is 1.62. The number of halogens is 2. The van der Waals surface area contributed by atoms with Gasteiger partial charge in [-0.15, -0.1) is 12.4 Å². The molecule has 1 aromatic rings. The lowest BCUT2D eigenvalue weighted by Crippen LogP contribution is -2.10. The summed E-state index contributed by atoms with van der Waals surface area (Å²) >= 11 is 3.37. The van der Waals surface area contributed by atoms with Crippen LogP contribution in [0.4, 0.5) is 0 Å². The van der Waals surface area contributed by atoms with Crippen LogP contribution in [0.25, 0.3) is 0 Å². The molecule has 0 atom stereocenters. The van der Waals surface area contributed by atoms with E-state index < -0.39 is 0 Å². The highest BCUT2D eigenvalue weighted by atomic mass is 79.9. The molecule has 0 saturated heterocycles. The number of rotatable bonds is 4. The molecule has 2 N–H and O–H groups in total. The lowest BCUT2D eigenvalue weighted by atomic mass is 10.3. The smallest absolute Gasteiger partial charge is 0.137 e. The van der Waals surface area contributed by atoms with Gasteiger partial charge in [0.2, 0.25) is 0 Å². The maximum atomic E-state index is 5.38. The number of methoxy groups -OCH3 is 1. The third-order valence-electron chi connectivity index (χ3n) is 1.51. The maximum absolute atomic E-state index is 5.38. The van der Waals surface area contributed by atoms with E-state index in [4.69, 9.17) is 15.2 Å². The summed E-state index contributed by atoms with van der Waals surface area (Å²) in [6, 6.07) is 5.56. The van der Waals surface area contributed by atoms with E-state index in [1.807, 2.05) is 18.2 Å². The molecule has 80 valence electrons. The molecule has 0 heterocycles. The van der Waals surface area contributed by atoms with Crippen molar-refractivity contribution in [2.75, 3.05) is 20.3 Å². The minimum Gasteiger partial charge on any atom is -0.497 e. The van der Waals surface area contributed by atoms with Gasteiger partial charge in [0.1, 0.15) is 18.1 Å². The summed E-state index contributed by atoms with van der Waals surface area (Å²) in [5.74, 6) is 1.53. The second-order valence-corrected chi connectivity index (χ2v) is 3.29. The Morgan fingerprint density at radius 2 is 2.14 bits per heavy atom. The van der Waals surface area contributed by atoms with Crippen molar-refractivity contribution in [1.29, 1.82) is 0 Å². The highest BCUT2D eigenvalue weighted by Crippen LogP contribution is 2.28. The first kappa shape index (κ1) is 13.5. The zero-order valence-electron chi connectivity index (χ0n) is 7.83. The van der Waals surface area contributed by atoms with Crippen LogP contribution in [0.2, 0.25) is 0 Å². The third-order valence-corrected chi connectivity index (χ3v) is 2.17. The summed E-state index contributed by atoms with van der Waals surface area (Å²) in [4.78, 5) is 0. The standard InChI is InChI=1S/C9H12BrNO2.ClH/c1-12-7-2-3-8(10)9(6-7)13-5-4-11;/h2-3,6H,4-5,11H2,1H3;1H. The van der Waals surface area contributed by atoms with Crippen LogP contribution in [0.15, 0.2) is 22.7 Å². The first-order valence-corrected chi connectivity index (χ1v) is 4.73. The van der Waals surface area contributed by atoms with Crippen molar-refractivity contribution in [3.8, 4) is 11.5 Å². The molecule has 0 amide bonds. The molecule has 0 aliphatic rings. The Labute approximate surface area is 98.1 Å². The van der Waals surface area contributed by atoms with Crippen molar-refractivity contribution < 1.29 is 9.47 Å². The van der Waals surface area contributed by atoms with Gasteiger partial charge >= 0.3 is 0 Å².